The molecule has 4 rings (SSSR count). The van der Waals surface area contributed by atoms with Gasteiger partial charge in [0, 0.05) is 25.7 Å². The molecule has 4 nitrogen and oxygen atoms in total. The van der Waals surface area contributed by atoms with Gasteiger partial charge in [0.2, 0.25) is 0 Å². The Hall–Kier alpha value is -0.160. The van der Waals surface area contributed by atoms with Gasteiger partial charge in [-0.05, 0) is 44.4 Å². The second-order valence-electron chi connectivity index (χ2n) is 6.56. The van der Waals surface area contributed by atoms with Crippen molar-refractivity contribution in [3.63, 3.8) is 0 Å². The predicted octanol–water partition coefficient (Wildman–Crippen LogP) is 1.30. The Morgan fingerprint density at radius 2 is 2.11 bits per heavy atom. The van der Waals surface area contributed by atoms with E-state index in [1.165, 1.54) is 25.7 Å². The quantitative estimate of drug-likeness (QED) is 0.797. The van der Waals surface area contributed by atoms with E-state index in [1.54, 1.807) is 0 Å². The lowest BCUT2D eigenvalue weighted by Crippen LogP contribution is -2.55. The normalized spacial score (nSPS) is 45.3. The lowest BCUT2D eigenvalue weighted by molar-refractivity contribution is -0.195. The number of aliphatic hydroxyl groups excluding tert-OH is 1. The lowest BCUT2D eigenvalue weighted by atomic mass is 9.78. The summed E-state index contributed by atoms with van der Waals surface area (Å²) in [6.45, 7) is 5.34. The van der Waals surface area contributed by atoms with Crippen molar-refractivity contribution in [1.29, 1.82) is 0 Å². The average molecular weight is 254 g/mol. The molecule has 3 heterocycles. The number of hydrogen-bond acceptors (Lipinski definition) is 4. The van der Waals surface area contributed by atoms with Crippen LogP contribution < -0.4 is 5.48 Å². The standard InChI is InChI=1S/C14H26N2O2/c1-11-10-16(8-4-13(11)17)9-7-14-5-2-12(3-6-14)15-18-14/h11-13,15,17H,2-10H2,1H3/t11-,12-,13-,14+/m0/s1. The molecule has 1 aliphatic carbocycles. The molecule has 0 aromatic heterocycles. The Kier molecular flexibility index (Phi) is 3.63. The van der Waals surface area contributed by atoms with E-state index in [-0.39, 0.29) is 11.7 Å². The molecule has 2 N–H and O–H groups in total. The first-order valence-corrected chi connectivity index (χ1v) is 7.51. The zero-order valence-corrected chi connectivity index (χ0v) is 11.4. The van der Waals surface area contributed by atoms with E-state index in [0.717, 1.165) is 32.5 Å². The maximum absolute atomic E-state index is 9.75. The van der Waals surface area contributed by atoms with Crippen LogP contribution in [-0.4, -0.2) is 47.4 Å². The van der Waals surface area contributed by atoms with Gasteiger partial charge in [0.15, 0.2) is 0 Å². The zero-order chi connectivity index (χ0) is 12.6. The largest absolute Gasteiger partial charge is 0.393 e. The Morgan fingerprint density at radius 3 is 2.72 bits per heavy atom. The van der Waals surface area contributed by atoms with Crippen molar-refractivity contribution in [3.05, 3.63) is 0 Å². The van der Waals surface area contributed by atoms with Crippen molar-refractivity contribution in [1.82, 2.24) is 10.4 Å². The van der Waals surface area contributed by atoms with Crippen LogP contribution in [0.5, 0.6) is 0 Å². The van der Waals surface area contributed by atoms with Crippen molar-refractivity contribution in [2.45, 2.75) is 63.2 Å². The Labute approximate surface area is 110 Å². The number of hydrogen-bond donors (Lipinski definition) is 2. The Balaban J connectivity index is 1.49. The van der Waals surface area contributed by atoms with Crippen molar-refractivity contribution >= 4 is 0 Å². The molecule has 0 aromatic carbocycles. The van der Waals surface area contributed by atoms with Crippen molar-refractivity contribution in [2.75, 3.05) is 19.6 Å². The number of aliphatic hydroxyl groups is 1. The molecule has 2 atom stereocenters. The third kappa shape index (κ3) is 2.57. The van der Waals surface area contributed by atoms with Gasteiger partial charge in [-0.3, -0.25) is 4.84 Å². The summed E-state index contributed by atoms with van der Waals surface area (Å²) in [7, 11) is 0. The van der Waals surface area contributed by atoms with Gasteiger partial charge < -0.3 is 10.0 Å². The minimum Gasteiger partial charge on any atom is -0.393 e. The maximum Gasteiger partial charge on any atom is 0.0910 e. The van der Waals surface area contributed by atoms with E-state index in [9.17, 15) is 5.11 Å². The summed E-state index contributed by atoms with van der Waals surface area (Å²) in [6.07, 6.45) is 6.95. The molecule has 0 unspecified atom stereocenters. The van der Waals surface area contributed by atoms with E-state index in [0.29, 0.717) is 12.0 Å². The third-order valence-electron chi connectivity index (χ3n) is 5.17. The van der Waals surface area contributed by atoms with Gasteiger partial charge in [0.05, 0.1) is 11.7 Å². The molecule has 0 amide bonds. The van der Waals surface area contributed by atoms with Crippen molar-refractivity contribution in [2.24, 2.45) is 5.92 Å². The fourth-order valence-electron chi connectivity index (χ4n) is 3.66. The van der Waals surface area contributed by atoms with E-state index >= 15 is 0 Å². The number of hydroxylamine groups is 1. The summed E-state index contributed by atoms with van der Waals surface area (Å²) >= 11 is 0. The summed E-state index contributed by atoms with van der Waals surface area (Å²) in [4.78, 5) is 8.37. The molecule has 3 aliphatic heterocycles. The van der Waals surface area contributed by atoms with Gasteiger partial charge in [0.1, 0.15) is 0 Å². The first-order chi connectivity index (χ1) is 8.67. The average Bonchev–Trinajstić information content (AvgIpc) is 2.42. The number of nitrogens with zero attached hydrogens (tertiary/aromatic N) is 1. The molecule has 4 heteroatoms. The first-order valence-electron chi connectivity index (χ1n) is 7.51. The summed E-state index contributed by atoms with van der Waals surface area (Å²) in [5.74, 6) is 0.414. The molecule has 1 saturated carbocycles. The molecule has 18 heavy (non-hydrogen) atoms. The fraction of sp³-hybridized carbons (Fsp3) is 1.00. The highest BCUT2D eigenvalue weighted by Crippen LogP contribution is 2.38. The van der Waals surface area contributed by atoms with Crippen LogP contribution >= 0.6 is 0 Å². The van der Waals surface area contributed by atoms with Crippen LogP contribution in [0.1, 0.15) is 45.4 Å². The van der Waals surface area contributed by atoms with Crippen LogP contribution in [0.4, 0.5) is 0 Å². The zero-order valence-electron chi connectivity index (χ0n) is 11.4. The first kappa shape index (κ1) is 12.9. The van der Waals surface area contributed by atoms with E-state index in [4.69, 9.17) is 4.84 Å². The summed E-state index contributed by atoms with van der Waals surface area (Å²) in [5, 5.41) is 9.75. The van der Waals surface area contributed by atoms with Crippen LogP contribution in [0.25, 0.3) is 0 Å². The van der Waals surface area contributed by atoms with Gasteiger partial charge in [-0.1, -0.05) is 6.92 Å². The number of likely N-dealkylation sites (tertiary alicyclic amines) is 1. The van der Waals surface area contributed by atoms with Gasteiger partial charge in [-0.2, -0.15) is 5.48 Å². The molecule has 2 bridgehead atoms. The molecule has 3 saturated heterocycles. The summed E-state index contributed by atoms with van der Waals surface area (Å²) in [6, 6.07) is 0.608. The highest BCUT2D eigenvalue weighted by Gasteiger charge is 2.42. The van der Waals surface area contributed by atoms with Gasteiger partial charge >= 0.3 is 0 Å². The van der Waals surface area contributed by atoms with Crippen LogP contribution in [0.2, 0.25) is 0 Å². The van der Waals surface area contributed by atoms with Crippen LogP contribution in [-0.2, 0) is 4.84 Å². The number of rotatable bonds is 3. The van der Waals surface area contributed by atoms with E-state index < -0.39 is 0 Å². The lowest BCUT2D eigenvalue weighted by Gasteiger charge is -2.47. The molecule has 104 valence electrons. The molecule has 4 fully saturated rings. The van der Waals surface area contributed by atoms with Crippen LogP contribution in [0.15, 0.2) is 0 Å². The van der Waals surface area contributed by atoms with E-state index in [1.807, 2.05) is 0 Å². The second-order valence-corrected chi connectivity index (χ2v) is 6.56. The molecule has 0 spiro atoms. The Morgan fingerprint density at radius 1 is 1.33 bits per heavy atom. The number of nitrogens with one attached hydrogen (secondary N) is 1. The van der Waals surface area contributed by atoms with Crippen molar-refractivity contribution < 1.29 is 9.94 Å². The van der Waals surface area contributed by atoms with Gasteiger partial charge in [0.25, 0.3) is 0 Å². The third-order valence-corrected chi connectivity index (χ3v) is 5.17. The molecular weight excluding hydrogens is 228 g/mol. The highest BCUT2D eigenvalue weighted by molar-refractivity contribution is 4.93. The van der Waals surface area contributed by atoms with E-state index in [2.05, 4.69) is 17.3 Å². The summed E-state index contributed by atoms with van der Waals surface area (Å²) in [5.41, 5.74) is 3.31. The SMILES string of the molecule is C[C@H]1CN(CC[C@]23CC[C@H](CC2)NO3)CC[C@@H]1O. The molecule has 4 aliphatic rings. The van der Waals surface area contributed by atoms with Gasteiger partial charge in [-0.15, -0.1) is 0 Å². The molecule has 0 aromatic rings. The van der Waals surface area contributed by atoms with Crippen LogP contribution in [0.3, 0.4) is 0 Å². The number of fused-ring (bicyclic) bond motifs is 3. The van der Waals surface area contributed by atoms with Crippen molar-refractivity contribution in [3.8, 4) is 0 Å². The summed E-state index contributed by atoms with van der Waals surface area (Å²) < 4.78 is 0. The predicted molar refractivity (Wildman–Crippen MR) is 70.1 cm³/mol. The minimum absolute atomic E-state index is 0.0950. The van der Waals surface area contributed by atoms with Crippen LogP contribution in [0, 0.1) is 5.92 Å². The highest BCUT2D eigenvalue weighted by atomic mass is 16.7. The maximum atomic E-state index is 9.75. The fourth-order valence-corrected chi connectivity index (χ4v) is 3.66. The monoisotopic (exact) mass is 254 g/mol. The topological polar surface area (TPSA) is 44.7 Å². The molecule has 0 radical (unpaired) electrons. The number of piperidine rings is 1. The smallest absolute Gasteiger partial charge is 0.0910 e. The minimum atomic E-state index is -0.0950. The second kappa shape index (κ2) is 5.08. The Bertz CT molecular complexity index is 276. The molecular formula is C14H26N2O2. The van der Waals surface area contributed by atoms with Gasteiger partial charge in [-0.25, -0.2) is 0 Å².